The van der Waals surface area contributed by atoms with E-state index >= 15 is 0 Å². The Kier molecular flexibility index (Phi) is 5.52. The quantitative estimate of drug-likeness (QED) is 0.652. The fraction of sp³-hybridized carbons (Fsp3) is 0.261. The summed E-state index contributed by atoms with van der Waals surface area (Å²) in [4.78, 5) is 30.6. The lowest BCUT2D eigenvalue weighted by molar-refractivity contribution is 0.0733. The van der Waals surface area contributed by atoms with E-state index in [1.807, 2.05) is 24.3 Å². The average molecular weight is 405 g/mol. The zero-order valence-electron chi connectivity index (χ0n) is 17.0. The monoisotopic (exact) mass is 405 g/mol. The number of pyridine rings is 2. The highest BCUT2D eigenvalue weighted by molar-refractivity contribution is 5.94. The number of amides is 1. The number of hydrogen-bond donors (Lipinski definition) is 0. The summed E-state index contributed by atoms with van der Waals surface area (Å²) in [6, 6.07) is 12.7. The van der Waals surface area contributed by atoms with Crippen LogP contribution in [0.2, 0.25) is 0 Å². The standard InChI is InChI=1S/C23H23N3O4/c1-25-13-17(4-8-22(25)27)23(28)26-10-9-16-3-6-20(11-18(16)14-26)30-15-19-5-7-21(29-2)12-24-19/h3-8,11-13H,9-10,14-15H2,1-2H3. The molecule has 0 unspecified atom stereocenters. The van der Waals surface area contributed by atoms with Gasteiger partial charge in [-0.2, -0.15) is 0 Å². The smallest absolute Gasteiger partial charge is 0.255 e. The maximum atomic E-state index is 12.9. The van der Waals surface area contributed by atoms with Gasteiger partial charge < -0.3 is 18.9 Å². The molecule has 0 fully saturated rings. The topological polar surface area (TPSA) is 73.7 Å². The van der Waals surface area contributed by atoms with Crippen LogP contribution in [0.4, 0.5) is 0 Å². The Morgan fingerprint density at radius 1 is 1.10 bits per heavy atom. The van der Waals surface area contributed by atoms with Crippen molar-refractivity contribution in [3.8, 4) is 11.5 Å². The number of rotatable bonds is 5. The molecule has 0 spiro atoms. The molecule has 0 atom stereocenters. The Bertz CT molecular complexity index is 1120. The first kappa shape index (κ1) is 19.7. The largest absolute Gasteiger partial charge is 0.495 e. The molecule has 154 valence electrons. The number of hydrogen-bond acceptors (Lipinski definition) is 5. The van der Waals surface area contributed by atoms with E-state index in [0.29, 0.717) is 31.0 Å². The summed E-state index contributed by atoms with van der Waals surface area (Å²) in [6.45, 7) is 1.50. The molecule has 3 heterocycles. The SMILES string of the molecule is COc1ccc(COc2ccc3c(c2)CN(C(=O)c2ccc(=O)n(C)c2)CC3)nc1. The van der Waals surface area contributed by atoms with Gasteiger partial charge in [0, 0.05) is 32.4 Å². The van der Waals surface area contributed by atoms with Crippen LogP contribution in [0.1, 0.15) is 27.2 Å². The first-order valence-corrected chi connectivity index (χ1v) is 9.73. The summed E-state index contributed by atoms with van der Waals surface area (Å²) in [5, 5.41) is 0. The molecular weight excluding hydrogens is 382 g/mol. The molecule has 1 aromatic carbocycles. The molecule has 0 N–H and O–H groups in total. The molecule has 4 rings (SSSR count). The number of methoxy groups -OCH3 is 1. The van der Waals surface area contributed by atoms with Gasteiger partial charge in [0.2, 0.25) is 5.56 Å². The van der Waals surface area contributed by atoms with Crippen molar-refractivity contribution >= 4 is 5.91 Å². The van der Waals surface area contributed by atoms with Crippen LogP contribution in [0, 0.1) is 0 Å². The summed E-state index contributed by atoms with van der Waals surface area (Å²) in [7, 11) is 3.25. The zero-order chi connectivity index (χ0) is 21.1. The number of carbonyl (C=O) groups is 1. The van der Waals surface area contributed by atoms with Gasteiger partial charge in [0.1, 0.15) is 18.1 Å². The normalized spacial score (nSPS) is 12.9. The second-order valence-corrected chi connectivity index (χ2v) is 7.25. The number of benzene rings is 1. The number of fused-ring (bicyclic) bond motifs is 1. The molecule has 0 bridgehead atoms. The third kappa shape index (κ3) is 4.20. The van der Waals surface area contributed by atoms with E-state index in [1.54, 1.807) is 37.5 Å². The maximum Gasteiger partial charge on any atom is 0.255 e. The molecular formula is C23H23N3O4. The number of nitrogens with zero attached hydrogens (tertiary/aromatic N) is 3. The number of carbonyl (C=O) groups excluding carboxylic acids is 1. The van der Waals surface area contributed by atoms with Gasteiger partial charge in [0.05, 0.1) is 24.6 Å². The van der Waals surface area contributed by atoms with Crippen molar-refractivity contribution in [1.82, 2.24) is 14.5 Å². The Hall–Kier alpha value is -3.61. The summed E-state index contributed by atoms with van der Waals surface area (Å²) in [5.74, 6) is 1.36. The molecule has 1 aliphatic heterocycles. The maximum absolute atomic E-state index is 12.9. The number of ether oxygens (including phenoxy) is 2. The minimum Gasteiger partial charge on any atom is -0.495 e. The molecule has 0 saturated carbocycles. The van der Waals surface area contributed by atoms with Gasteiger partial charge in [-0.25, -0.2) is 0 Å². The highest BCUT2D eigenvalue weighted by Crippen LogP contribution is 2.25. The van der Waals surface area contributed by atoms with Gasteiger partial charge in [-0.05, 0) is 47.9 Å². The highest BCUT2D eigenvalue weighted by atomic mass is 16.5. The van der Waals surface area contributed by atoms with E-state index < -0.39 is 0 Å². The summed E-state index contributed by atoms with van der Waals surface area (Å²) in [6.07, 6.45) is 4.03. The molecule has 1 amide bonds. The van der Waals surface area contributed by atoms with E-state index in [2.05, 4.69) is 11.1 Å². The first-order valence-electron chi connectivity index (χ1n) is 9.73. The fourth-order valence-corrected chi connectivity index (χ4v) is 3.47. The summed E-state index contributed by atoms with van der Waals surface area (Å²) < 4.78 is 12.4. The minimum absolute atomic E-state index is 0.0787. The highest BCUT2D eigenvalue weighted by Gasteiger charge is 2.22. The van der Waals surface area contributed by atoms with E-state index in [0.717, 1.165) is 23.4 Å². The summed E-state index contributed by atoms with van der Waals surface area (Å²) in [5.41, 5.74) is 3.47. The van der Waals surface area contributed by atoms with Crippen molar-refractivity contribution < 1.29 is 14.3 Å². The average Bonchev–Trinajstić information content (AvgIpc) is 2.78. The third-order valence-corrected chi connectivity index (χ3v) is 5.23. The van der Waals surface area contributed by atoms with Gasteiger partial charge in [0.15, 0.2) is 0 Å². The second kappa shape index (κ2) is 8.41. The van der Waals surface area contributed by atoms with Crippen molar-refractivity contribution in [1.29, 1.82) is 0 Å². The number of aryl methyl sites for hydroxylation is 1. The zero-order valence-corrected chi connectivity index (χ0v) is 17.0. The van der Waals surface area contributed by atoms with Gasteiger partial charge in [0.25, 0.3) is 5.91 Å². The molecule has 7 heteroatoms. The fourth-order valence-electron chi connectivity index (χ4n) is 3.47. The van der Waals surface area contributed by atoms with Crippen LogP contribution in [0.5, 0.6) is 11.5 Å². The predicted octanol–water partition coefficient (Wildman–Crippen LogP) is 2.57. The Morgan fingerprint density at radius 3 is 2.67 bits per heavy atom. The Morgan fingerprint density at radius 2 is 1.93 bits per heavy atom. The van der Waals surface area contributed by atoms with Gasteiger partial charge in [-0.3, -0.25) is 14.6 Å². The van der Waals surface area contributed by atoms with Gasteiger partial charge in [-0.1, -0.05) is 6.07 Å². The molecule has 0 radical (unpaired) electrons. The van der Waals surface area contributed by atoms with Crippen molar-refractivity contribution in [2.45, 2.75) is 19.6 Å². The van der Waals surface area contributed by atoms with Crippen molar-refractivity contribution in [3.63, 3.8) is 0 Å². The van der Waals surface area contributed by atoms with Crippen LogP contribution in [0.15, 0.2) is 59.7 Å². The van der Waals surface area contributed by atoms with Gasteiger partial charge in [-0.15, -0.1) is 0 Å². The first-order chi connectivity index (χ1) is 14.5. The van der Waals surface area contributed by atoms with Crippen LogP contribution in [-0.2, 0) is 26.6 Å². The molecule has 0 saturated heterocycles. The van der Waals surface area contributed by atoms with E-state index in [1.165, 1.54) is 16.2 Å². The van der Waals surface area contributed by atoms with E-state index in [9.17, 15) is 9.59 Å². The lowest BCUT2D eigenvalue weighted by atomic mass is 9.99. The van der Waals surface area contributed by atoms with E-state index in [4.69, 9.17) is 9.47 Å². The van der Waals surface area contributed by atoms with Crippen molar-refractivity contribution in [2.24, 2.45) is 7.05 Å². The molecule has 30 heavy (non-hydrogen) atoms. The summed E-state index contributed by atoms with van der Waals surface area (Å²) >= 11 is 0. The van der Waals surface area contributed by atoms with Crippen molar-refractivity contribution in [2.75, 3.05) is 13.7 Å². The molecule has 0 aliphatic carbocycles. The lowest BCUT2D eigenvalue weighted by Gasteiger charge is -2.29. The van der Waals surface area contributed by atoms with Crippen molar-refractivity contribution in [3.05, 3.63) is 87.6 Å². The van der Waals surface area contributed by atoms with Gasteiger partial charge >= 0.3 is 0 Å². The Labute approximate surface area is 174 Å². The Balaban J connectivity index is 1.45. The number of aromatic nitrogens is 2. The molecule has 1 aliphatic rings. The molecule has 2 aromatic heterocycles. The van der Waals surface area contributed by atoms with Crippen LogP contribution in [-0.4, -0.2) is 34.0 Å². The molecule has 3 aromatic rings. The van der Waals surface area contributed by atoms with Crippen LogP contribution in [0.25, 0.3) is 0 Å². The van der Waals surface area contributed by atoms with Crippen LogP contribution < -0.4 is 15.0 Å². The van der Waals surface area contributed by atoms with E-state index in [-0.39, 0.29) is 11.5 Å². The third-order valence-electron chi connectivity index (χ3n) is 5.23. The second-order valence-electron chi connectivity index (χ2n) is 7.25. The lowest BCUT2D eigenvalue weighted by Crippen LogP contribution is -2.36. The van der Waals surface area contributed by atoms with Crippen LogP contribution in [0.3, 0.4) is 0 Å². The minimum atomic E-state index is -0.135. The predicted molar refractivity (Wildman–Crippen MR) is 112 cm³/mol. The van der Waals surface area contributed by atoms with Crippen LogP contribution >= 0.6 is 0 Å². The molecule has 7 nitrogen and oxygen atoms in total.